The van der Waals surface area contributed by atoms with Crippen LogP contribution in [0.25, 0.3) is 0 Å². The van der Waals surface area contributed by atoms with E-state index in [0.717, 1.165) is 24.7 Å². The minimum absolute atomic E-state index is 0.438. The van der Waals surface area contributed by atoms with Crippen molar-refractivity contribution in [3.63, 3.8) is 0 Å². The number of benzene rings is 1. The first-order valence-corrected chi connectivity index (χ1v) is 11.3. The molecule has 1 nitrogen and oxygen atoms in total. The molecule has 1 rings (SSSR count). The van der Waals surface area contributed by atoms with Crippen molar-refractivity contribution in [2.24, 2.45) is 0 Å². The Labute approximate surface area is 129 Å². The van der Waals surface area contributed by atoms with Crippen LogP contribution in [0, 0.1) is 0 Å². The zero-order chi connectivity index (χ0) is 15.1. The average Bonchev–Trinajstić information content (AvgIpc) is 2.42. The number of hydrogen-bond donors (Lipinski definition) is 0. The minimum Gasteiger partial charge on any atom is -0.302 e. The first kappa shape index (κ1) is 17.2. The fourth-order valence-corrected chi connectivity index (χ4v) is 3.53. The first-order chi connectivity index (χ1) is 9.43. The Kier molecular flexibility index (Phi) is 6.70. The van der Waals surface area contributed by atoms with Gasteiger partial charge in [-0.25, -0.2) is 0 Å². The number of rotatable bonds is 8. The highest BCUT2D eigenvalue weighted by Gasteiger charge is 2.30. The maximum Gasteiger partial charge on any atom is 0.130 e. The van der Waals surface area contributed by atoms with Crippen molar-refractivity contribution in [1.82, 2.24) is 0 Å². The van der Waals surface area contributed by atoms with Crippen LogP contribution in [0.5, 0.6) is 0 Å². The Hall–Kier alpha value is -0.863. The predicted molar refractivity (Wildman–Crippen MR) is 91.2 cm³/mol. The molecule has 0 aliphatic rings. The third-order valence-electron chi connectivity index (χ3n) is 3.49. The summed E-state index contributed by atoms with van der Waals surface area (Å²) in [4.78, 5) is 11.7. The van der Waals surface area contributed by atoms with Crippen molar-refractivity contribution >= 4 is 26.0 Å². The second-order valence-electron chi connectivity index (χ2n) is 6.39. The van der Waals surface area contributed by atoms with Gasteiger partial charge in [-0.1, -0.05) is 61.7 Å². The molecule has 0 saturated carbocycles. The molecule has 1 aromatic rings. The fraction of sp³-hybridized carbons (Fsp3) is 0.471. The summed E-state index contributed by atoms with van der Waals surface area (Å²) < 4.78 is 0. The van der Waals surface area contributed by atoms with Gasteiger partial charge in [0.05, 0.1) is 13.5 Å². The second-order valence-corrected chi connectivity index (χ2v) is 11.8. The molecule has 0 N–H and O–H groups in total. The monoisotopic (exact) mass is 308 g/mol. The Morgan fingerprint density at radius 3 is 2.30 bits per heavy atom. The molecule has 0 amide bonds. The van der Waals surface area contributed by atoms with Crippen LogP contribution in [0.2, 0.25) is 19.6 Å². The molecule has 0 fully saturated rings. The summed E-state index contributed by atoms with van der Waals surface area (Å²) in [6, 6.07) is 10.0. The lowest BCUT2D eigenvalue weighted by Crippen LogP contribution is -2.28. The Morgan fingerprint density at radius 1 is 1.15 bits per heavy atom. The summed E-state index contributed by atoms with van der Waals surface area (Å²) in [5, 5.41) is 0. The Morgan fingerprint density at radius 2 is 1.80 bits per heavy atom. The number of halogens is 1. The van der Waals surface area contributed by atoms with Gasteiger partial charge < -0.3 is 4.79 Å². The summed E-state index contributed by atoms with van der Waals surface area (Å²) in [7, 11) is -1.16. The molecule has 1 unspecified atom stereocenters. The van der Waals surface area contributed by atoms with Crippen LogP contribution < -0.4 is 0 Å². The van der Waals surface area contributed by atoms with E-state index in [9.17, 15) is 4.79 Å². The molecule has 1 aromatic carbocycles. The topological polar surface area (TPSA) is 17.1 Å². The normalized spacial score (nSPS) is 15.2. The van der Waals surface area contributed by atoms with Crippen LogP contribution in [0.1, 0.15) is 24.8 Å². The highest BCUT2D eigenvalue weighted by molar-refractivity contribution is 6.80. The Balaban J connectivity index is 2.85. The van der Waals surface area contributed by atoms with Crippen LogP contribution in [0.3, 0.4) is 0 Å². The molecule has 0 spiro atoms. The van der Waals surface area contributed by atoms with Crippen molar-refractivity contribution in [2.45, 2.75) is 44.3 Å². The molecule has 0 radical (unpaired) electrons. The van der Waals surface area contributed by atoms with Gasteiger partial charge in [0.2, 0.25) is 0 Å². The number of alkyl halides is 1. The van der Waals surface area contributed by atoms with Gasteiger partial charge in [0.1, 0.15) is 6.29 Å². The van der Waals surface area contributed by atoms with Gasteiger partial charge in [-0.15, -0.1) is 11.6 Å². The SMILES string of the molecule is C[Si](C)(C)/C=C/CCC(C=O)(CCCl)c1ccccc1. The first-order valence-electron chi connectivity index (χ1n) is 7.19. The van der Waals surface area contributed by atoms with Crippen molar-refractivity contribution in [3.05, 3.63) is 47.7 Å². The van der Waals surface area contributed by atoms with E-state index in [4.69, 9.17) is 11.6 Å². The molecule has 0 aliphatic heterocycles. The van der Waals surface area contributed by atoms with Crippen LogP contribution >= 0.6 is 11.6 Å². The molecular formula is C17H25ClOSi. The zero-order valence-corrected chi connectivity index (χ0v) is 14.5. The van der Waals surface area contributed by atoms with Gasteiger partial charge in [0.25, 0.3) is 0 Å². The summed E-state index contributed by atoms with van der Waals surface area (Å²) in [5.41, 5.74) is 2.98. The van der Waals surface area contributed by atoms with Gasteiger partial charge >= 0.3 is 0 Å². The zero-order valence-electron chi connectivity index (χ0n) is 12.7. The largest absolute Gasteiger partial charge is 0.302 e. The molecule has 0 heterocycles. The van der Waals surface area contributed by atoms with E-state index in [1.165, 1.54) is 0 Å². The molecule has 0 aromatic heterocycles. The summed E-state index contributed by atoms with van der Waals surface area (Å²) in [6.45, 7) is 6.94. The van der Waals surface area contributed by atoms with Crippen molar-refractivity contribution in [2.75, 3.05) is 5.88 Å². The molecule has 110 valence electrons. The maximum atomic E-state index is 11.7. The average molecular weight is 309 g/mol. The van der Waals surface area contributed by atoms with Crippen LogP contribution in [-0.4, -0.2) is 20.2 Å². The molecule has 20 heavy (non-hydrogen) atoms. The third-order valence-corrected chi connectivity index (χ3v) is 4.91. The lowest BCUT2D eigenvalue weighted by atomic mass is 9.76. The summed E-state index contributed by atoms with van der Waals surface area (Å²) in [5.74, 6) is 0.505. The van der Waals surface area contributed by atoms with E-state index in [1.807, 2.05) is 30.3 Å². The van der Waals surface area contributed by atoms with Crippen LogP contribution in [0.15, 0.2) is 42.1 Å². The van der Waals surface area contributed by atoms with E-state index >= 15 is 0 Å². The molecular weight excluding hydrogens is 284 g/mol. The van der Waals surface area contributed by atoms with Crippen molar-refractivity contribution < 1.29 is 4.79 Å². The van der Waals surface area contributed by atoms with Crippen LogP contribution in [0.4, 0.5) is 0 Å². The maximum absolute atomic E-state index is 11.7. The van der Waals surface area contributed by atoms with Crippen molar-refractivity contribution in [1.29, 1.82) is 0 Å². The van der Waals surface area contributed by atoms with Gasteiger partial charge in [-0.05, 0) is 24.8 Å². The van der Waals surface area contributed by atoms with E-state index in [-0.39, 0.29) is 0 Å². The Bertz CT molecular complexity index is 436. The van der Waals surface area contributed by atoms with Crippen LogP contribution in [-0.2, 0) is 10.2 Å². The highest BCUT2D eigenvalue weighted by Crippen LogP contribution is 2.31. The third kappa shape index (κ3) is 5.26. The van der Waals surface area contributed by atoms with Gasteiger partial charge in [-0.3, -0.25) is 0 Å². The number of carbonyl (C=O) groups excluding carboxylic acids is 1. The van der Waals surface area contributed by atoms with Gasteiger partial charge in [-0.2, -0.15) is 0 Å². The minimum atomic E-state index is -1.16. The predicted octanol–water partition coefficient (Wildman–Crippen LogP) is 4.97. The number of carbonyl (C=O) groups is 1. The number of hydrogen-bond acceptors (Lipinski definition) is 1. The van der Waals surface area contributed by atoms with E-state index in [0.29, 0.717) is 12.3 Å². The summed E-state index contributed by atoms with van der Waals surface area (Å²) >= 11 is 5.93. The standard InChI is InChI=1S/C17H25ClOSi/c1-20(2,3)14-8-7-11-17(15-19,12-13-18)16-9-5-4-6-10-16/h4-6,8-10,14-15H,7,11-13H2,1-3H3/b14-8+. The van der Waals surface area contributed by atoms with Gasteiger partial charge in [0, 0.05) is 5.88 Å². The van der Waals surface area contributed by atoms with E-state index < -0.39 is 13.5 Å². The van der Waals surface area contributed by atoms with Crippen molar-refractivity contribution in [3.8, 4) is 0 Å². The highest BCUT2D eigenvalue weighted by atomic mass is 35.5. The molecule has 1 atom stereocenters. The quantitative estimate of drug-likeness (QED) is 0.376. The molecule has 0 aliphatic carbocycles. The smallest absolute Gasteiger partial charge is 0.130 e. The number of aldehydes is 1. The molecule has 0 bridgehead atoms. The second kappa shape index (κ2) is 7.80. The molecule has 3 heteroatoms. The lowest BCUT2D eigenvalue weighted by molar-refractivity contribution is -0.113. The fourth-order valence-electron chi connectivity index (χ4n) is 2.32. The summed E-state index contributed by atoms with van der Waals surface area (Å²) in [6.07, 6.45) is 5.78. The van der Waals surface area contributed by atoms with E-state index in [2.05, 4.69) is 31.4 Å². The lowest BCUT2D eigenvalue weighted by Gasteiger charge is -2.27. The number of allylic oxidation sites excluding steroid dienone is 1. The van der Waals surface area contributed by atoms with E-state index in [1.54, 1.807) is 0 Å². The molecule has 0 saturated heterocycles. The van der Waals surface area contributed by atoms with Gasteiger partial charge in [0.15, 0.2) is 0 Å².